The second-order valence-corrected chi connectivity index (χ2v) is 7.73. The fourth-order valence-electron chi connectivity index (χ4n) is 2.62. The van der Waals surface area contributed by atoms with E-state index in [9.17, 15) is 9.59 Å². The molecule has 1 heterocycles. The molecule has 27 heavy (non-hydrogen) atoms. The average Bonchev–Trinajstić information content (AvgIpc) is 2.92. The number of amides is 1. The van der Waals surface area contributed by atoms with Crippen LogP contribution in [0.1, 0.15) is 36.7 Å². The summed E-state index contributed by atoms with van der Waals surface area (Å²) in [5, 5.41) is 7.04. The van der Waals surface area contributed by atoms with Crippen molar-refractivity contribution in [3.63, 3.8) is 0 Å². The molecular weight excluding hydrogens is 382 g/mol. The van der Waals surface area contributed by atoms with Crippen molar-refractivity contribution in [3.05, 3.63) is 45.3 Å². The minimum atomic E-state index is -0.515. The highest BCUT2D eigenvalue weighted by Gasteiger charge is 2.26. The number of ether oxygens (including phenoxy) is 1. The van der Waals surface area contributed by atoms with Crippen LogP contribution in [0.5, 0.6) is 0 Å². The lowest BCUT2D eigenvalue weighted by Crippen LogP contribution is -2.21. The molecule has 0 fully saturated rings. The van der Waals surface area contributed by atoms with Crippen molar-refractivity contribution >= 4 is 51.2 Å². The molecule has 0 atom stereocenters. The van der Waals surface area contributed by atoms with E-state index in [0.717, 1.165) is 16.8 Å². The van der Waals surface area contributed by atoms with Gasteiger partial charge in [0.25, 0.3) is 5.91 Å². The predicted molar refractivity (Wildman–Crippen MR) is 114 cm³/mol. The molecule has 0 aliphatic rings. The minimum absolute atomic E-state index is 0.177. The first-order valence-corrected chi connectivity index (χ1v) is 9.47. The normalized spacial score (nSPS) is 10.3. The van der Waals surface area contributed by atoms with Gasteiger partial charge in [-0.2, -0.15) is 0 Å². The van der Waals surface area contributed by atoms with Gasteiger partial charge in [-0.1, -0.05) is 18.2 Å². The number of methoxy groups -OCH3 is 1. The Balaban J connectivity index is 2.37. The molecule has 2 N–H and O–H groups in total. The van der Waals surface area contributed by atoms with E-state index in [2.05, 4.69) is 10.6 Å². The van der Waals surface area contributed by atoms with Crippen LogP contribution in [-0.2, 0) is 4.74 Å². The number of benzene rings is 1. The standard InChI is InChI=1S/C19H23N3O3S2/c1-10-8-7-9-11(2)14(10)20-19(26)21-16-13(18(24)25-6)12(3)15(27-16)17(23)22(4)5/h7-9H,1-6H3,(H2,20,21,26). The number of anilines is 2. The molecule has 144 valence electrons. The smallest absolute Gasteiger partial charge is 0.341 e. The van der Waals surface area contributed by atoms with Crippen molar-refractivity contribution in [2.24, 2.45) is 0 Å². The first-order valence-electron chi connectivity index (χ1n) is 8.25. The molecule has 1 amide bonds. The SMILES string of the molecule is COC(=O)c1c(NC(=S)Nc2c(C)cccc2C)sc(C(=O)N(C)C)c1C. The first-order chi connectivity index (χ1) is 12.7. The Morgan fingerprint density at radius 3 is 2.22 bits per heavy atom. The highest BCUT2D eigenvalue weighted by atomic mass is 32.1. The molecule has 0 aliphatic heterocycles. The summed E-state index contributed by atoms with van der Waals surface area (Å²) in [4.78, 5) is 26.6. The topological polar surface area (TPSA) is 70.7 Å². The number of thiophene rings is 1. The van der Waals surface area contributed by atoms with Gasteiger partial charge in [-0.25, -0.2) is 4.79 Å². The molecule has 0 bridgehead atoms. The maximum Gasteiger partial charge on any atom is 0.341 e. The van der Waals surface area contributed by atoms with Crippen molar-refractivity contribution in [1.29, 1.82) is 0 Å². The third-order valence-electron chi connectivity index (χ3n) is 4.08. The van der Waals surface area contributed by atoms with Gasteiger partial charge in [0.05, 0.1) is 17.6 Å². The van der Waals surface area contributed by atoms with E-state index < -0.39 is 5.97 Å². The summed E-state index contributed by atoms with van der Waals surface area (Å²) in [5.41, 5.74) is 3.91. The number of esters is 1. The summed E-state index contributed by atoms with van der Waals surface area (Å²) in [5.74, 6) is -0.691. The molecule has 0 radical (unpaired) electrons. The minimum Gasteiger partial charge on any atom is -0.465 e. The number of hydrogen-bond acceptors (Lipinski definition) is 5. The van der Waals surface area contributed by atoms with E-state index in [1.54, 1.807) is 21.0 Å². The Labute approximate surface area is 168 Å². The summed E-state index contributed by atoms with van der Waals surface area (Å²) in [6.45, 7) is 5.70. The van der Waals surface area contributed by atoms with Crippen LogP contribution in [0.3, 0.4) is 0 Å². The number of hydrogen-bond donors (Lipinski definition) is 2. The van der Waals surface area contributed by atoms with E-state index in [1.165, 1.54) is 23.3 Å². The molecule has 8 heteroatoms. The number of nitrogens with one attached hydrogen (secondary N) is 2. The summed E-state index contributed by atoms with van der Waals surface area (Å²) in [6.07, 6.45) is 0. The van der Waals surface area contributed by atoms with Crippen LogP contribution >= 0.6 is 23.6 Å². The summed E-state index contributed by atoms with van der Waals surface area (Å²) in [6, 6.07) is 5.95. The lowest BCUT2D eigenvalue weighted by molar-refractivity contribution is 0.0601. The van der Waals surface area contributed by atoms with E-state index >= 15 is 0 Å². The fraction of sp³-hybridized carbons (Fsp3) is 0.316. The van der Waals surface area contributed by atoms with Crippen molar-refractivity contribution < 1.29 is 14.3 Å². The Bertz CT molecular complexity index is 884. The quantitative estimate of drug-likeness (QED) is 0.592. The van der Waals surface area contributed by atoms with E-state index in [1.807, 2.05) is 32.0 Å². The van der Waals surface area contributed by atoms with E-state index in [0.29, 0.717) is 26.1 Å². The summed E-state index contributed by atoms with van der Waals surface area (Å²) >= 11 is 6.61. The third kappa shape index (κ3) is 4.45. The Morgan fingerprint density at radius 2 is 1.70 bits per heavy atom. The van der Waals surface area contributed by atoms with Gasteiger partial charge in [0.2, 0.25) is 0 Å². The van der Waals surface area contributed by atoms with Crippen molar-refractivity contribution in [2.45, 2.75) is 20.8 Å². The summed E-state index contributed by atoms with van der Waals surface area (Å²) in [7, 11) is 4.64. The maximum atomic E-state index is 12.4. The molecule has 0 spiro atoms. The van der Waals surface area contributed by atoms with Crippen molar-refractivity contribution in [3.8, 4) is 0 Å². The zero-order chi connectivity index (χ0) is 20.3. The number of para-hydroxylation sites is 1. The van der Waals surface area contributed by atoms with Crippen LogP contribution in [0, 0.1) is 20.8 Å². The second-order valence-electron chi connectivity index (χ2n) is 6.30. The zero-order valence-corrected chi connectivity index (χ0v) is 17.9. The van der Waals surface area contributed by atoms with Gasteiger partial charge in [-0.15, -0.1) is 11.3 Å². The van der Waals surface area contributed by atoms with Gasteiger partial charge in [-0.05, 0) is 49.7 Å². The fourth-order valence-corrected chi connectivity index (χ4v) is 4.11. The Kier molecular flexibility index (Phi) is 6.56. The Hall–Kier alpha value is -2.45. The van der Waals surface area contributed by atoms with Gasteiger partial charge < -0.3 is 20.3 Å². The average molecular weight is 406 g/mol. The molecule has 0 unspecified atom stereocenters. The molecule has 1 aromatic heterocycles. The van der Waals surface area contributed by atoms with Gasteiger partial charge >= 0.3 is 5.97 Å². The Morgan fingerprint density at radius 1 is 1.11 bits per heavy atom. The molecule has 2 aromatic rings. The van der Waals surface area contributed by atoms with Crippen molar-refractivity contribution in [1.82, 2.24) is 4.90 Å². The van der Waals surface area contributed by atoms with Crippen LogP contribution in [0.15, 0.2) is 18.2 Å². The lowest BCUT2D eigenvalue weighted by Gasteiger charge is -2.14. The molecule has 0 aliphatic carbocycles. The molecule has 0 saturated carbocycles. The first kappa shape index (κ1) is 20.9. The molecular formula is C19H23N3O3S2. The number of carbonyl (C=O) groups is 2. The molecule has 2 rings (SSSR count). The van der Waals surface area contributed by atoms with E-state index in [-0.39, 0.29) is 5.91 Å². The number of aryl methyl sites for hydroxylation is 2. The second kappa shape index (κ2) is 8.49. The number of rotatable bonds is 4. The summed E-state index contributed by atoms with van der Waals surface area (Å²) < 4.78 is 4.89. The highest BCUT2D eigenvalue weighted by Crippen LogP contribution is 2.34. The number of carbonyl (C=O) groups excluding carboxylic acids is 2. The monoisotopic (exact) mass is 405 g/mol. The number of thiocarbonyl (C=S) groups is 1. The number of nitrogens with zero attached hydrogens (tertiary/aromatic N) is 1. The van der Waals surface area contributed by atoms with Crippen LogP contribution in [0.25, 0.3) is 0 Å². The van der Waals surface area contributed by atoms with Crippen molar-refractivity contribution in [2.75, 3.05) is 31.8 Å². The molecule has 0 saturated heterocycles. The molecule has 6 nitrogen and oxygen atoms in total. The maximum absolute atomic E-state index is 12.4. The predicted octanol–water partition coefficient (Wildman–Crippen LogP) is 3.97. The van der Waals surface area contributed by atoms with Crippen LogP contribution in [-0.4, -0.2) is 43.1 Å². The largest absolute Gasteiger partial charge is 0.465 e. The van der Waals surface area contributed by atoms with Crippen LogP contribution < -0.4 is 10.6 Å². The third-order valence-corrected chi connectivity index (χ3v) is 5.48. The van der Waals surface area contributed by atoms with Gasteiger partial charge in [0.15, 0.2) is 5.11 Å². The van der Waals surface area contributed by atoms with E-state index in [4.69, 9.17) is 17.0 Å². The van der Waals surface area contributed by atoms with Gasteiger partial charge in [-0.3, -0.25) is 4.79 Å². The van der Waals surface area contributed by atoms with Crippen LogP contribution in [0.2, 0.25) is 0 Å². The molecule has 1 aromatic carbocycles. The van der Waals surface area contributed by atoms with Gasteiger partial charge in [0.1, 0.15) is 5.00 Å². The zero-order valence-electron chi connectivity index (χ0n) is 16.2. The van der Waals surface area contributed by atoms with Crippen LogP contribution in [0.4, 0.5) is 10.7 Å². The highest BCUT2D eigenvalue weighted by molar-refractivity contribution is 7.80. The lowest BCUT2D eigenvalue weighted by atomic mass is 10.1. The van der Waals surface area contributed by atoms with Gasteiger partial charge in [0, 0.05) is 19.8 Å².